The minimum atomic E-state index is -0.153. The molecule has 1 nitrogen and oxygen atoms in total. The summed E-state index contributed by atoms with van der Waals surface area (Å²) >= 11 is 0. The molecule has 0 aromatic heterocycles. The summed E-state index contributed by atoms with van der Waals surface area (Å²) in [6, 6.07) is 13.8. The minimum Gasteiger partial charge on any atom is -0.319 e. The largest absolute Gasteiger partial charge is 0.319 e. The highest BCUT2D eigenvalue weighted by atomic mass is 19.1. The van der Waals surface area contributed by atoms with E-state index in [9.17, 15) is 4.39 Å². The molecule has 0 aliphatic rings. The SMILES string of the molecule is CNCC(Cc1cccc(C)c1)Cc1ccc(F)cc1C. The van der Waals surface area contributed by atoms with Gasteiger partial charge in [0.1, 0.15) is 5.82 Å². The molecule has 0 aliphatic heterocycles. The molecule has 0 spiro atoms. The fraction of sp³-hybridized carbons (Fsp3) is 0.368. The lowest BCUT2D eigenvalue weighted by Crippen LogP contribution is -2.23. The van der Waals surface area contributed by atoms with Crippen LogP contribution < -0.4 is 5.32 Å². The van der Waals surface area contributed by atoms with E-state index in [2.05, 4.69) is 36.5 Å². The van der Waals surface area contributed by atoms with E-state index < -0.39 is 0 Å². The van der Waals surface area contributed by atoms with Crippen molar-refractivity contribution >= 4 is 0 Å². The summed E-state index contributed by atoms with van der Waals surface area (Å²) in [7, 11) is 1.99. The number of benzene rings is 2. The summed E-state index contributed by atoms with van der Waals surface area (Å²) in [5, 5.41) is 3.28. The highest BCUT2D eigenvalue weighted by Crippen LogP contribution is 2.18. The average Bonchev–Trinajstić information content (AvgIpc) is 2.42. The second kappa shape index (κ2) is 7.37. The average molecular weight is 285 g/mol. The monoisotopic (exact) mass is 285 g/mol. The summed E-state index contributed by atoms with van der Waals surface area (Å²) in [6.07, 6.45) is 2.01. The first-order chi connectivity index (χ1) is 10.1. The van der Waals surface area contributed by atoms with Gasteiger partial charge in [0.15, 0.2) is 0 Å². The van der Waals surface area contributed by atoms with Gasteiger partial charge in [0.2, 0.25) is 0 Å². The lowest BCUT2D eigenvalue weighted by atomic mass is 9.90. The molecule has 2 aromatic carbocycles. The van der Waals surface area contributed by atoms with Crippen molar-refractivity contribution in [1.82, 2.24) is 5.32 Å². The third-order valence-electron chi connectivity index (χ3n) is 3.91. The van der Waals surface area contributed by atoms with Crippen LogP contribution in [0, 0.1) is 25.6 Å². The van der Waals surface area contributed by atoms with Gasteiger partial charge in [0.25, 0.3) is 0 Å². The molecule has 2 rings (SSSR count). The molecule has 21 heavy (non-hydrogen) atoms. The van der Waals surface area contributed by atoms with E-state index in [-0.39, 0.29) is 5.82 Å². The molecule has 2 heteroatoms. The standard InChI is InChI=1S/C19H24FN/c1-14-5-4-6-16(9-14)11-17(13-21-3)12-18-7-8-19(20)10-15(18)2/h4-10,17,21H,11-13H2,1-3H3. The molecule has 2 aromatic rings. The van der Waals surface area contributed by atoms with Gasteiger partial charge in [0.05, 0.1) is 0 Å². The first kappa shape index (κ1) is 15.7. The van der Waals surface area contributed by atoms with Crippen LogP contribution in [-0.4, -0.2) is 13.6 Å². The Morgan fingerprint density at radius 3 is 2.52 bits per heavy atom. The van der Waals surface area contributed by atoms with Crippen molar-refractivity contribution in [2.24, 2.45) is 5.92 Å². The van der Waals surface area contributed by atoms with Crippen LogP contribution >= 0.6 is 0 Å². The molecule has 1 atom stereocenters. The smallest absolute Gasteiger partial charge is 0.123 e. The van der Waals surface area contributed by atoms with E-state index in [0.717, 1.165) is 24.9 Å². The van der Waals surface area contributed by atoms with Gasteiger partial charge in [-0.15, -0.1) is 0 Å². The lowest BCUT2D eigenvalue weighted by molar-refractivity contribution is 0.491. The molecule has 0 aliphatic carbocycles. The zero-order valence-corrected chi connectivity index (χ0v) is 13.1. The van der Waals surface area contributed by atoms with Crippen LogP contribution in [0.15, 0.2) is 42.5 Å². The van der Waals surface area contributed by atoms with Crippen molar-refractivity contribution < 1.29 is 4.39 Å². The maximum absolute atomic E-state index is 13.2. The van der Waals surface area contributed by atoms with Crippen molar-refractivity contribution in [1.29, 1.82) is 0 Å². The zero-order valence-electron chi connectivity index (χ0n) is 13.1. The van der Waals surface area contributed by atoms with Gasteiger partial charge in [-0.3, -0.25) is 0 Å². The fourth-order valence-electron chi connectivity index (χ4n) is 2.88. The Hall–Kier alpha value is -1.67. The Morgan fingerprint density at radius 1 is 1.05 bits per heavy atom. The summed E-state index contributed by atoms with van der Waals surface area (Å²) in [5.41, 5.74) is 4.95. The van der Waals surface area contributed by atoms with Gasteiger partial charge in [-0.05, 0) is 75.0 Å². The van der Waals surface area contributed by atoms with Crippen LogP contribution in [0.2, 0.25) is 0 Å². The summed E-state index contributed by atoms with van der Waals surface area (Å²) in [5.74, 6) is 0.362. The van der Waals surface area contributed by atoms with Crippen LogP contribution in [0.4, 0.5) is 4.39 Å². The lowest BCUT2D eigenvalue weighted by Gasteiger charge is -2.18. The van der Waals surface area contributed by atoms with E-state index >= 15 is 0 Å². The molecular weight excluding hydrogens is 261 g/mol. The van der Waals surface area contributed by atoms with Crippen LogP contribution in [-0.2, 0) is 12.8 Å². The second-order valence-corrected chi connectivity index (χ2v) is 5.89. The molecule has 0 heterocycles. The van der Waals surface area contributed by atoms with Crippen LogP contribution in [0.5, 0.6) is 0 Å². The van der Waals surface area contributed by atoms with Crippen molar-refractivity contribution in [2.45, 2.75) is 26.7 Å². The van der Waals surface area contributed by atoms with Gasteiger partial charge >= 0.3 is 0 Å². The number of halogens is 1. The molecular formula is C19H24FN. The van der Waals surface area contributed by atoms with E-state index in [1.807, 2.05) is 20.0 Å². The van der Waals surface area contributed by atoms with Gasteiger partial charge in [-0.1, -0.05) is 35.9 Å². The van der Waals surface area contributed by atoms with E-state index in [0.29, 0.717) is 5.92 Å². The predicted molar refractivity (Wildman–Crippen MR) is 87.1 cm³/mol. The third-order valence-corrected chi connectivity index (χ3v) is 3.91. The van der Waals surface area contributed by atoms with Crippen LogP contribution in [0.1, 0.15) is 22.3 Å². The Balaban J connectivity index is 2.11. The zero-order chi connectivity index (χ0) is 15.2. The Labute approximate surface area is 127 Å². The van der Waals surface area contributed by atoms with E-state index in [1.54, 1.807) is 12.1 Å². The van der Waals surface area contributed by atoms with Crippen LogP contribution in [0.3, 0.4) is 0 Å². The Bertz CT molecular complexity index is 592. The minimum absolute atomic E-state index is 0.153. The van der Waals surface area contributed by atoms with Gasteiger partial charge in [-0.2, -0.15) is 0 Å². The Morgan fingerprint density at radius 2 is 1.86 bits per heavy atom. The number of hydrogen-bond donors (Lipinski definition) is 1. The second-order valence-electron chi connectivity index (χ2n) is 5.89. The highest BCUT2D eigenvalue weighted by Gasteiger charge is 2.12. The van der Waals surface area contributed by atoms with Crippen molar-refractivity contribution in [3.8, 4) is 0 Å². The first-order valence-electron chi connectivity index (χ1n) is 7.53. The van der Waals surface area contributed by atoms with Crippen molar-refractivity contribution in [2.75, 3.05) is 13.6 Å². The molecule has 1 N–H and O–H groups in total. The van der Waals surface area contributed by atoms with Crippen LogP contribution in [0.25, 0.3) is 0 Å². The molecule has 0 amide bonds. The maximum atomic E-state index is 13.2. The molecule has 112 valence electrons. The van der Waals surface area contributed by atoms with Crippen molar-refractivity contribution in [3.63, 3.8) is 0 Å². The normalized spacial score (nSPS) is 12.4. The fourth-order valence-corrected chi connectivity index (χ4v) is 2.88. The van der Waals surface area contributed by atoms with Crippen molar-refractivity contribution in [3.05, 3.63) is 70.5 Å². The molecule has 0 fully saturated rings. The number of hydrogen-bond acceptors (Lipinski definition) is 1. The molecule has 1 unspecified atom stereocenters. The maximum Gasteiger partial charge on any atom is 0.123 e. The number of rotatable bonds is 6. The highest BCUT2D eigenvalue weighted by molar-refractivity contribution is 5.28. The van der Waals surface area contributed by atoms with Gasteiger partial charge in [0, 0.05) is 0 Å². The summed E-state index contributed by atoms with van der Waals surface area (Å²) in [4.78, 5) is 0. The first-order valence-corrected chi connectivity index (χ1v) is 7.53. The quantitative estimate of drug-likeness (QED) is 0.844. The molecule has 0 bridgehead atoms. The van der Waals surface area contributed by atoms with E-state index in [4.69, 9.17) is 0 Å². The number of aryl methyl sites for hydroxylation is 2. The van der Waals surface area contributed by atoms with Gasteiger partial charge in [-0.25, -0.2) is 4.39 Å². The predicted octanol–water partition coefficient (Wildman–Crippen LogP) is 4.06. The molecule has 0 saturated heterocycles. The topological polar surface area (TPSA) is 12.0 Å². The van der Waals surface area contributed by atoms with E-state index in [1.165, 1.54) is 16.7 Å². The summed E-state index contributed by atoms with van der Waals surface area (Å²) < 4.78 is 13.2. The number of nitrogens with one attached hydrogen (secondary N) is 1. The molecule has 0 radical (unpaired) electrons. The van der Waals surface area contributed by atoms with Gasteiger partial charge < -0.3 is 5.32 Å². The third kappa shape index (κ3) is 4.68. The summed E-state index contributed by atoms with van der Waals surface area (Å²) in [6.45, 7) is 5.08. The molecule has 0 saturated carbocycles. The Kier molecular flexibility index (Phi) is 5.51.